The molecular formula is C23H24FN5O3. The number of piperazine rings is 1. The average molecular weight is 437 g/mol. The van der Waals surface area contributed by atoms with Gasteiger partial charge in [0.1, 0.15) is 12.4 Å². The second-order valence-electron chi connectivity index (χ2n) is 7.86. The molecule has 0 spiro atoms. The van der Waals surface area contributed by atoms with E-state index in [0.29, 0.717) is 42.8 Å². The number of benzene rings is 2. The number of nitrogens with one attached hydrogen (secondary N) is 1. The second-order valence-corrected chi connectivity index (χ2v) is 7.86. The monoisotopic (exact) mass is 437 g/mol. The Bertz CT molecular complexity index is 1200. The van der Waals surface area contributed by atoms with Gasteiger partial charge >= 0.3 is 0 Å². The number of para-hydroxylation sites is 1. The SMILES string of the molecule is Cc1cccc2c(=O)n(CC(=O)N3CCN(CC(=O)Nc4ccc(F)cc4)CC3)cnc12. The Labute approximate surface area is 184 Å². The number of carbonyl (C=O) groups is 2. The Morgan fingerprint density at radius 2 is 1.75 bits per heavy atom. The zero-order chi connectivity index (χ0) is 22.7. The number of hydrogen-bond donors (Lipinski definition) is 1. The molecule has 9 heteroatoms. The fourth-order valence-electron chi connectivity index (χ4n) is 3.79. The summed E-state index contributed by atoms with van der Waals surface area (Å²) in [4.78, 5) is 45.7. The molecule has 3 aromatic rings. The maximum Gasteiger partial charge on any atom is 0.261 e. The molecule has 0 radical (unpaired) electrons. The summed E-state index contributed by atoms with van der Waals surface area (Å²) in [7, 11) is 0. The summed E-state index contributed by atoms with van der Waals surface area (Å²) < 4.78 is 14.3. The molecule has 1 saturated heterocycles. The van der Waals surface area contributed by atoms with Crippen molar-refractivity contribution in [3.05, 3.63) is 70.5 Å². The van der Waals surface area contributed by atoms with Crippen LogP contribution in [0, 0.1) is 12.7 Å². The molecule has 1 aliphatic rings. The number of halogens is 1. The Morgan fingerprint density at radius 3 is 2.47 bits per heavy atom. The van der Waals surface area contributed by atoms with Crippen LogP contribution in [0.4, 0.5) is 10.1 Å². The standard InChI is InChI=1S/C23H24FN5O3/c1-16-3-2-4-19-22(16)25-15-29(23(19)32)14-21(31)28-11-9-27(10-12-28)13-20(30)26-18-7-5-17(24)6-8-18/h2-8,15H,9-14H2,1H3,(H,26,30). The smallest absolute Gasteiger partial charge is 0.261 e. The van der Waals surface area contributed by atoms with Crippen molar-refractivity contribution < 1.29 is 14.0 Å². The fourth-order valence-corrected chi connectivity index (χ4v) is 3.79. The second kappa shape index (κ2) is 9.27. The first-order valence-corrected chi connectivity index (χ1v) is 10.4. The predicted octanol–water partition coefficient (Wildman–Crippen LogP) is 1.63. The van der Waals surface area contributed by atoms with E-state index in [-0.39, 0.29) is 36.3 Å². The van der Waals surface area contributed by atoms with E-state index < -0.39 is 0 Å². The molecule has 32 heavy (non-hydrogen) atoms. The normalized spacial score (nSPS) is 14.5. The minimum Gasteiger partial charge on any atom is -0.339 e. The van der Waals surface area contributed by atoms with Gasteiger partial charge in [0.05, 0.1) is 23.8 Å². The zero-order valence-electron chi connectivity index (χ0n) is 17.8. The number of hydrogen-bond acceptors (Lipinski definition) is 5. The number of anilines is 1. The molecule has 0 saturated carbocycles. The van der Waals surface area contributed by atoms with Gasteiger partial charge in [0.2, 0.25) is 11.8 Å². The summed E-state index contributed by atoms with van der Waals surface area (Å²) in [5.74, 6) is -0.711. The molecular weight excluding hydrogens is 413 g/mol. The highest BCUT2D eigenvalue weighted by Gasteiger charge is 2.23. The number of carbonyl (C=O) groups excluding carboxylic acids is 2. The lowest BCUT2D eigenvalue weighted by molar-refractivity contribution is -0.133. The Morgan fingerprint density at radius 1 is 1.03 bits per heavy atom. The predicted molar refractivity (Wildman–Crippen MR) is 119 cm³/mol. The van der Waals surface area contributed by atoms with Gasteiger partial charge in [-0.1, -0.05) is 12.1 Å². The molecule has 166 valence electrons. The summed E-state index contributed by atoms with van der Waals surface area (Å²) in [6, 6.07) is 11.0. The summed E-state index contributed by atoms with van der Waals surface area (Å²) in [5, 5.41) is 3.23. The Kier molecular flexibility index (Phi) is 6.27. The van der Waals surface area contributed by atoms with E-state index in [4.69, 9.17) is 0 Å². The Balaban J connectivity index is 1.30. The number of rotatable bonds is 5. The molecule has 0 aliphatic carbocycles. The Hall–Kier alpha value is -3.59. The minimum absolute atomic E-state index is 0.0687. The van der Waals surface area contributed by atoms with Gasteiger partial charge in [-0.05, 0) is 42.8 Å². The number of aryl methyl sites for hydroxylation is 1. The van der Waals surface area contributed by atoms with Crippen molar-refractivity contribution in [2.75, 3.05) is 38.0 Å². The van der Waals surface area contributed by atoms with Crippen molar-refractivity contribution in [3.8, 4) is 0 Å². The zero-order valence-corrected chi connectivity index (χ0v) is 17.8. The van der Waals surface area contributed by atoms with E-state index in [9.17, 15) is 18.8 Å². The molecule has 1 aromatic heterocycles. The van der Waals surface area contributed by atoms with Gasteiger partial charge in [-0.3, -0.25) is 23.9 Å². The molecule has 0 unspecified atom stereocenters. The van der Waals surface area contributed by atoms with Gasteiger partial charge in [-0.15, -0.1) is 0 Å². The first kappa shape index (κ1) is 21.6. The quantitative estimate of drug-likeness (QED) is 0.656. The van der Waals surface area contributed by atoms with Crippen molar-refractivity contribution in [3.63, 3.8) is 0 Å². The van der Waals surface area contributed by atoms with Crippen LogP contribution < -0.4 is 10.9 Å². The van der Waals surface area contributed by atoms with E-state index in [2.05, 4.69) is 10.3 Å². The van der Waals surface area contributed by atoms with Gasteiger partial charge in [-0.25, -0.2) is 9.37 Å². The average Bonchev–Trinajstić information content (AvgIpc) is 2.78. The molecule has 0 atom stereocenters. The van der Waals surface area contributed by atoms with Crippen LogP contribution in [-0.2, 0) is 16.1 Å². The lowest BCUT2D eigenvalue weighted by Crippen LogP contribution is -2.51. The van der Waals surface area contributed by atoms with Crippen LogP contribution in [0.25, 0.3) is 10.9 Å². The van der Waals surface area contributed by atoms with Crippen LogP contribution >= 0.6 is 0 Å². The van der Waals surface area contributed by atoms with Crippen LogP contribution in [0.5, 0.6) is 0 Å². The van der Waals surface area contributed by atoms with Crippen molar-refractivity contribution in [1.29, 1.82) is 0 Å². The largest absolute Gasteiger partial charge is 0.339 e. The van der Waals surface area contributed by atoms with Crippen molar-refractivity contribution in [1.82, 2.24) is 19.4 Å². The highest BCUT2D eigenvalue weighted by Crippen LogP contribution is 2.12. The summed E-state index contributed by atoms with van der Waals surface area (Å²) in [6.07, 6.45) is 1.42. The van der Waals surface area contributed by atoms with Gasteiger partial charge in [0.25, 0.3) is 5.56 Å². The van der Waals surface area contributed by atoms with E-state index in [1.165, 1.54) is 35.2 Å². The van der Waals surface area contributed by atoms with E-state index in [1.807, 2.05) is 17.9 Å². The van der Waals surface area contributed by atoms with Crippen LogP contribution in [-0.4, -0.2) is 63.9 Å². The highest BCUT2D eigenvalue weighted by atomic mass is 19.1. The van der Waals surface area contributed by atoms with E-state index in [0.717, 1.165) is 5.56 Å². The van der Waals surface area contributed by atoms with Crippen LogP contribution in [0.3, 0.4) is 0 Å². The topological polar surface area (TPSA) is 87.5 Å². The number of aromatic nitrogens is 2. The molecule has 4 rings (SSSR count). The molecule has 2 heterocycles. The lowest BCUT2D eigenvalue weighted by Gasteiger charge is -2.34. The summed E-state index contributed by atoms with van der Waals surface area (Å²) in [6.45, 7) is 4.05. The first-order valence-electron chi connectivity index (χ1n) is 10.4. The third-order valence-corrected chi connectivity index (χ3v) is 5.58. The third-order valence-electron chi connectivity index (χ3n) is 5.58. The minimum atomic E-state index is -0.361. The highest BCUT2D eigenvalue weighted by molar-refractivity contribution is 5.92. The van der Waals surface area contributed by atoms with Crippen LogP contribution in [0.15, 0.2) is 53.6 Å². The molecule has 8 nitrogen and oxygen atoms in total. The van der Waals surface area contributed by atoms with Gasteiger partial charge < -0.3 is 10.2 Å². The lowest BCUT2D eigenvalue weighted by atomic mass is 10.1. The molecule has 1 aliphatic heterocycles. The fraction of sp³-hybridized carbons (Fsp3) is 0.304. The summed E-state index contributed by atoms with van der Waals surface area (Å²) in [5.41, 5.74) is 1.87. The van der Waals surface area contributed by atoms with Gasteiger partial charge in [-0.2, -0.15) is 0 Å². The van der Waals surface area contributed by atoms with Crippen molar-refractivity contribution >= 4 is 28.4 Å². The number of fused-ring (bicyclic) bond motifs is 1. The molecule has 0 bridgehead atoms. The molecule has 2 aromatic carbocycles. The maximum atomic E-state index is 13.0. The number of amides is 2. The summed E-state index contributed by atoms with van der Waals surface area (Å²) >= 11 is 0. The third kappa shape index (κ3) is 4.83. The molecule has 1 N–H and O–H groups in total. The van der Waals surface area contributed by atoms with Crippen molar-refractivity contribution in [2.45, 2.75) is 13.5 Å². The van der Waals surface area contributed by atoms with Crippen molar-refractivity contribution in [2.24, 2.45) is 0 Å². The number of nitrogens with zero attached hydrogens (tertiary/aromatic N) is 4. The van der Waals surface area contributed by atoms with Gasteiger partial charge in [0, 0.05) is 31.9 Å². The first-order chi connectivity index (χ1) is 15.4. The molecule has 2 amide bonds. The van der Waals surface area contributed by atoms with Crippen LogP contribution in [0.1, 0.15) is 5.56 Å². The maximum absolute atomic E-state index is 13.0. The molecule has 1 fully saturated rings. The van der Waals surface area contributed by atoms with E-state index >= 15 is 0 Å². The van der Waals surface area contributed by atoms with E-state index in [1.54, 1.807) is 17.0 Å². The van der Waals surface area contributed by atoms with Crippen LogP contribution in [0.2, 0.25) is 0 Å². The van der Waals surface area contributed by atoms with Gasteiger partial charge in [0.15, 0.2) is 0 Å².